The van der Waals surface area contributed by atoms with Crippen LogP contribution in [0.3, 0.4) is 0 Å². The van der Waals surface area contributed by atoms with Gasteiger partial charge in [0.15, 0.2) is 6.29 Å². The highest BCUT2D eigenvalue weighted by Crippen LogP contribution is 2.28. The number of aromatic nitrogens is 2. The van der Waals surface area contributed by atoms with E-state index in [4.69, 9.17) is 9.47 Å². The SMILES string of the molecule is O[C@@H]1[C@@H](O)[C@H](O[C@@H]2Cn3ccnc3[C@H](O)[C@H]2O)OC[C@H]1O. The minimum absolute atomic E-state index is 0.190. The van der Waals surface area contributed by atoms with Crippen molar-refractivity contribution >= 4 is 0 Å². The van der Waals surface area contributed by atoms with Crippen molar-refractivity contribution < 1.29 is 35.0 Å². The highest BCUT2D eigenvalue weighted by atomic mass is 16.7. The number of rotatable bonds is 2. The van der Waals surface area contributed by atoms with Crippen molar-refractivity contribution in [1.82, 2.24) is 9.55 Å². The highest BCUT2D eigenvalue weighted by Gasteiger charge is 2.43. The third-order valence-electron chi connectivity index (χ3n) is 3.86. The summed E-state index contributed by atoms with van der Waals surface area (Å²) in [6, 6.07) is 0. The van der Waals surface area contributed by atoms with Gasteiger partial charge in [0.2, 0.25) is 0 Å². The number of aliphatic hydroxyl groups is 5. The van der Waals surface area contributed by atoms with Gasteiger partial charge in [-0.25, -0.2) is 4.98 Å². The van der Waals surface area contributed by atoms with Crippen molar-refractivity contribution in [1.29, 1.82) is 0 Å². The van der Waals surface area contributed by atoms with Crippen molar-refractivity contribution in [2.24, 2.45) is 0 Å². The minimum atomic E-state index is -1.44. The summed E-state index contributed by atoms with van der Waals surface area (Å²) in [7, 11) is 0. The smallest absolute Gasteiger partial charge is 0.186 e. The molecule has 3 heterocycles. The maximum absolute atomic E-state index is 10.1. The second kappa shape index (κ2) is 5.61. The van der Waals surface area contributed by atoms with Gasteiger partial charge >= 0.3 is 0 Å². The van der Waals surface area contributed by atoms with E-state index >= 15 is 0 Å². The molecule has 0 spiro atoms. The van der Waals surface area contributed by atoms with Crippen LogP contribution in [0.15, 0.2) is 12.4 Å². The molecule has 7 atom stereocenters. The third kappa shape index (κ3) is 2.57. The Hall–Kier alpha value is -1.07. The molecule has 1 aromatic heterocycles. The van der Waals surface area contributed by atoms with Crippen LogP contribution >= 0.6 is 0 Å². The zero-order valence-corrected chi connectivity index (χ0v) is 11.1. The molecule has 0 saturated carbocycles. The number of nitrogens with zero attached hydrogens (tertiary/aromatic N) is 2. The van der Waals surface area contributed by atoms with E-state index in [-0.39, 0.29) is 13.2 Å². The van der Waals surface area contributed by atoms with Crippen LogP contribution in [-0.4, -0.2) is 78.5 Å². The topological polar surface area (TPSA) is 137 Å². The first kappa shape index (κ1) is 14.9. The standard InChI is InChI=1S/C12H18N2O7/c15-5-4-20-12(10(19)7(5)16)21-6-3-14-2-1-13-11(14)9(18)8(6)17/h1-2,5-10,12,15-19H,3-4H2/t5-,6-,7+,8+,9-,10-,12+/m1/s1. The Labute approximate surface area is 120 Å². The third-order valence-corrected chi connectivity index (χ3v) is 3.86. The summed E-state index contributed by atoms with van der Waals surface area (Å²) in [6.07, 6.45) is -5.38. The monoisotopic (exact) mass is 302 g/mol. The molecule has 21 heavy (non-hydrogen) atoms. The van der Waals surface area contributed by atoms with E-state index in [1.165, 1.54) is 6.20 Å². The van der Waals surface area contributed by atoms with Gasteiger partial charge in [-0.15, -0.1) is 0 Å². The van der Waals surface area contributed by atoms with Crippen LogP contribution in [0.25, 0.3) is 0 Å². The molecule has 0 bridgehead atoms. The summed E-state index contributed by atoms with van der Waals surface area (Å²) in [6.45, 7) is 0.0311. The van der Waals surface area contributed by atoms with Gasteiger partial charge in [0.25, 0.3) is 0 Å². The van der Waals surface area contributed by atoms with Gasteiger partial charge in [-0.3, -0.25) is 0 Å². The minimum Gasteiger partial charge on any atom is -0.388 e. The van der Waals surface area contributed by atoms with Crippen molar-refractivity contribution in [3.63, 3.8) is 0 Å². The number of fused-ring (bicyclic) bond motifs is 1. The second-order valence-corrected chi connectivity index (χ2v) is 5.30. The van der Waals surface area contributed by atoms with Crippen LogP contribution in [0.5, 0.6) is 0 Å². The van der Waals surface area contributed by atoms with Crippen LogP contribution < -0.4 is 0 Å². The van der Waals surface area contributed by atoms with Crippen LogP contribution in [0.4, 0.5) is 0 Å². The summed E-state index contributed by atoms with van der Waals surface area (Å²) >= 11 is 0. The Kier molecular flexibility index (Phi) is 3.97. The van der Waals surface area contributed by atoms with Gasteiger partial charge in [0.1, 0.15) is 42.4 Å². The van der Waals surface area contributed by atoms with Gasteiger partial charge in [0, 0.05) is 12.4 Å². The predicted molar refractivity (Wildman–Crippen MR) is 65.8 cm³/mol. The lowest BCUT2D eigenvalue weighted by molar-refractivity contribution is -0.296. The zero-order valence-electron chi connectivity index (χ0n) is 11.1. The quantitative estimate of drug-likeness (QED) is 0.393. The van der Waals surface area contributed by atoms with E-state index in [9.17, 15) is 25.5 Å². The van der Waals surface area contributed by atoms with Crippen molar-refractivity contribution in [2.75, 3.05) is 6.61 Å². The molecule has 0 aromatic carbocycles. The lowest BCUT2D eigenvalue weighted by atomic mass is 10.0. The van der Waals surface area contributed by atoms with Gasteiger partial charge in [-0.1, -0.05) is 0 Å². The lowest BCUT2D eigenvalue weighted by Crippen LogP contribution is -2.56. The summed E-state index contributed by atoms with van der Waals surface area (Å²) in [5.41, 5.74) is 0. The molecule has 0 amide bonds. The molecule has 9 nitrogen and oxygen atoms in total. The molecule has 2 aliphatic heterocycles. The van der Waals surface area contributed by atoms with Crippen LogP contribution in [0, 0.1) is 0 Å². The second-order valence-electron chi connectivity index (χ2n) is 5.30. The number of ether oxygens (including phenoxy) is 2. The van der Waals surface area contributed by atoms with Gasteiger partial charge in [-0.05, 0) is 0 Å². The molecule has 1 saturated heterocycles. The molecule has 1 aromatic rings. The van der Waals surface area contributed by atoms with Crippen LogP contribution in [-0.2, 0) is 16.0 Å². The lowest BCUT2D eigenvalue weighted by Gasteiger charge is -2.39. The fourth-order valence-corrected chi connectivity index (χ4v) is 2.59. The average molecular weight is 302 g/mol. The first-order valence-corrected chi connectivity index (χ1v) is 6.67. The largest absolute Gasteiger partial charge is 0.388 e. The van der Waals surface area contributed by atoms with E-state index in [0.29, 0.717) is 5.82 Å². The molecule has 0 radical (unpaired) electrons. The first-order chi connectivity index (χ1) is 9.99. The Morgan fingerprint density at radius 2 is 1.90 bits per heavy atom. The Morgan fingerprint density at radius 3 is 2.67 bits per heavy atom. The van der Waals surface area contributed by atoms with Crippen molar-refractivity contribution in [3.8, 4) is 0 Å². The number of hydrogen-bond acceptors (Lipinski definition) is 8. The van der Waals surface area contributed by atoms with Crippen molar-refractivity contribution in [3.05, 3.63) is 18.2 Å². The Morgan fingerprint density at radius 1 is 1.14 bits per heavy atom. The fraction of sp³-hybridized carbons (Fsp3) is 0.750. The summed E-state index contributed by atoms with van der Waals surface area (Å²) in [4.78, 5) is 3.95. The van der Waals surface area contributed by atoms with Crippen LogP contribution in [0.2, 0.25) is 0 Å². The van der Waals surface area contributed by atoms with E-state index in [1.54, 1.807) is 10.8 Å². The van der Waals surface area contributed by atoms with E-state index < -0.39 is 42.9 Å². The maximum atomic E-state index is 10.1. The normalized spacial score (nSPS) is 43.6. The summed E-state index contributed by atoms with van der Waals surface area (Å²) in [5, 5.41) is 48.8. The van der Waals surface area contributed by atoms with Gasteiger partial charge in [0.05, 0.1) is 13.2 Å². The molecule has 0 unspecified atom stereocenters. The van der Waals surface area contributed by atoms with Gasteiger partial charge < -0.3 is 39.6 Å². The Balaban J connectivity index is 1.71. The van der Waals surface area contributed by atoms with E-state index in [2.05, 4.69) is 4.98 Å². The molecule has 5 N–H and O–H groups in total. The van der Waals surface area contributed by atoms with Gasteiger partial charge in [-0.2, -0.15) is 0 Å². The molecule has 1 fully saturated rings. The number of hydrogen-bond donors (Lipinski definition) is 5. The molecule has 3 rings (SSSR count). The molecule has 2 aliphatic rings. The number of imidazole rings is 1. The number of aliphatic hydroxyl groups excluding tert-OH is 5. The highest BCUT2D eigenvalue weighted by molar-refractivity contribution is 5.05. The molecule has 0 aliphatic carbocycles. The van der Waals surface area contributed by atoms with Crippen molar-refractivity contribution in [2.45, 2.75) is 49.5 Å². The summed E-state index contributed by atoms with van der Waals surface area (Å²) < 4.78 is 12.2. The predicted octanol–water partition coefficient (Wildman–Crippen LogP) is -2.88. The van der Waals surface area contributed by atoms with E-state index in [1.807, 2.05) is 0 Å². The maximum Gasteiger partial charge on any atom is 0.186 e. The molecule has 118 valence electrons. The average Bonchev–Trinajstić information content (AvgIpc) is 2.93. The summed E-state index contributed by atoms with van der Waals surface area (Å²) in [5.74, 6) is 0.336. The molecular weight excluding hydrogens is 284 g/mol. The first-order valence-electron chi connectivity index (χ1n) is 6.67. The molecular formula is C12H18N2O7. The fourth-order valence-electron chi connectivity index (χ4n) is 2.59. The Bertz CT molecular complexity index is 496. The zero-order chi connectivity index (χ0) is 15.1. The molecule has 9 heteroatoms. The van der Waals surface area contributed by atoms with Crippen LogP contribution in [0.1, 0.15) is 11.9 Å². The van der Waals surface area contributed by atoms with E-state index in [0.717, 1.165) is 0 Å².